The van der Waals surface area contributed by atoms with Crippen LogP contribution >= 0.6 is 8.25 Å². The van der Waals surface area contributed by atoms with E-state index >= 15 is 0 Å². The Morgan fingerprint density at radius 2 is 1.63 bits per heavy atom. The van der Waals surface area contributed by atoms with E-state index in [2.05, 4.69) is 9.26 Å². The zero-order valence-electron chi connectivity index (χ0n) is 13.9. The molecule has 1 unspecified atom stereocenters. The Kier molecular flexibility index (Phi) is 6.22. The normalized spacial score (nSPS) is 11.9. The van der Waals surface area contributed by atoms with Crippen LogP contribution in [-0.4, -0.2) is 11.5 Å². The lowest BCUT2D eigenvalue weighted by Crippen LogP contribution is -2.13. The van der Waals surface area contributed by atoms with Crippen LogP contribution in [0.5, 0.6) is 23.0 Å². The van der Waals surface area contributed by atoms with Crippen molar-refractivity contribution in [2.75, 3.05) is 6.61 Å². The monoisotopic (exact) mass is 411 g/mol. The van der Waals surface area contributed by atoms with Gasteiger partial charge in [-0.15, -0.1) is 4.89 Å². The van der Waals surface area contributed by atoms with Gasteiger partial charge in [-0.3, -0.25) is 0 Å². The zero-order valence-corrected chi connectivity index (χ0v) is 14.8. The molecular weight excluding hydrogens is 398 g/mol. The Bertz CT molecular complexity index is 869. The van der Waals surface area contributed by atoms with E-state index in [1.165, 1.54) is 26.0 Å². The van der Waals surface area contributed by atoms with Crippen molar-refractivity contribution in [3.05, 3.63) is 47.0 Å². The summed E-state index contributed by atoms with van der Waals surface area (Å²) in [7, 11) is -3.04. The molecule has 0 radical (unpaired) electrons. The summed E-state index contributed by atoms with van der Waals surface area (Å²) in [6.07, 6.45) is -5.18. The molecule has 0 saturated carbocycles. The average molecular weight is 411 g/mol. The second-order valence-corrected chi connectivity index (χ2v) is 5.88. The van der Waals surface area contributed by atoms with Crippen molar-refractivity contribution in [2.24, 2.45) is 0 Å². The Hall–Kier alpha value is -2.45. The molecule has 1 atom stereocenters. The Morgan fingerprint density at radius 3 is 2.19 bits per heavy atom. The Labute approximate surface area is 151 Å². The molecule has 1 N–H and O–H groups in total. The van der Waals surface area contributed by atoms with E-state index in [-0.39, 0.29) is 24.2 Å². The highest BCUT2D eigenvalue weighted by Crippen LogP contribution is 2.47. The number of halogens is 5. The van der Waals surface area contributed by atoms with E-state index in [4.69, 9.17) is 9.63 Å². The highest BCUT2D eigenvalue weighted by atomic mass is 31.1. The van der Waals surface area contributed by atoms with Gasteiger partial charge < -0.3 is 9.47 Å². The SMILES string of the molecule is CCOc1c(F)cc(F)c(Oc2cc(C)cc(O[P+](=O)O)c2)c1C(F)(F)F. The third kappa shape index (κ3) is 5.05. The van der Waals surface area contributed by atoms with Crippen molar-refractivity contribution in [1.82, 2.24) is 0 Å². The summed E-state index contributed by atoms with van der Waals surface area (Å²) in [6.45, 7) is 2.54. The number of hydrogen-bond acceptors (Lipinski definition) is 4. The molecule has 0 heterocycles. The van der Waals surface area contributed by atoms with Gasteiger partial charge in [0.1, 0.15) is 11.3 Å². The Balaban J connectivity index is 2.61. The predicted octanol–water partition coefficient (Wildman–Crippen LogP) is 5.51. The fraction of sp³-hybridized carbons (Fsp3) is 0.250. The van der Waals surface area contributed by atoms with Crippen LogP contribution in [0.3, 0.4) is 0 Å². The first-order valence-electron chi connectivity index (χ1n) is 7.38. The molecule has 0 fully saturated rings. The fourth-order valence-corrected chi connectivity index (χ4v) is 2.55. The molecule has 2 aromatic carbocycles. The summed E-state index contributed by atoms with van der Waals surface area (Å²) >= 11 is 0. The molecule has 0 aliphatic heterocycles. The number of ether oxygens (including phenoxy) is 2. The molecule has 0 aromatic heterocycles. The summed E-state index contributed by atoms with van der Waals surface area (Å²) in [4.78, 5) is 8.78. The lowest BCUT2D eigenvalue weighted by atomic mass is 10.1. The standard InChI is InChI=1S/C16H12F5O5P/c1-3-24-14-11(17)7-12(18)15(13(14)16(19,20)21)25-9-4-8(2)5-10(6-9)26-27(22)23/h4-7H,3H2,1-2H3/p+1. The van der Waals surface area contributed by atoms with Crippen LogP contribution in [0.15, 0.2) is 24.3 Å². The maximum atomic E-state index is 14.1. The van der Waals surface area contributed by atoms with E-state index in [0.717, 1.165) is 6.07 Å². The number of aryl methyl sites for hydroxylation is 1. The molecule has 0 spiro atoms. The van der Waals surface area contributed by atoms with Crippen LogP contribution in [0.25, 0.3) is 0 Å². The first kappa shape index (κ1) is 20.9. The zero-order chi connectivity index (χ0) is 20.4. The maximum Gasteiger partial charge on any atom is 0.747 e. The highest BCUT2D eigenvalue weighted by Gasteiger charge is 2.42. The van der Waals surface area contributed by atoms with Crippen molar-refractivity contribution in [1.29, 1.82) is 0 Å². The van der Waals surface area contributed by atoms with Crippen molar-refractivity contribution in [3.8, 4) is 23.0 Å². The van der Waals surface area contributed by atoms with Crippen LogP contribution in [0, 0.1) is 18.6 Å². The predicted molar refractivity (Wildman–Crippen MR) is 84.2 cm³/mol. The fourth-order valence-electron chi connectivity index (χ4n) is 2.26. The van der Waals surface area contributed by atoms with Crippen LogP contribution in [0.2, 0.25) is 0 Å². The van der Waals surface area contributed by atoms with Gasteiger partial charge in [-0.2, -0.15) is 13.2 Å². The van der Waals surface area contributed by atoms with Gasteiger partial charge in [-0.1, -0.05) is 0 Å². The van der Waals surface area contributed by atoms with Crippen molar-refractivity contribution >= 4 is 8.25 Å². The molecule has 2 aromatic rings. The second kappa shape index (κ2) is 8.06. The largest absolute Gasteiger partial charge is 0.747 e. The number of rotatable bonds is 6. The van der Waals surface area contributed by atoms with Gasteiger partial charge in [0, 0.05) is 16.7 Å². The van der Waals surface area contributed by atoms with Crippen LogP contribution < -0.4 is 14.0 Å². The summed E-state index contributed by atoms with van der Waals surface area (Å²) < 4.78 is 93.3. The Morgan fingerprint density at radius 1 is 1.04 bits per heavy atom. The van der Waals surface area contributed by atoms with E-state index in [9.17, 15) is 26.5 Å². The van der Waals surface area contributed by atoms with Crippen LogP contribution in [-0.2, 0) is 10.7 Å². The van der Waals surface area contributed by atoms with Gasteiger partial charge in [-0.25, -0.2) is 13.3 Å². The van der Waals surface area contributed by atoms with E-state index in [1.54, 1.807) is 0 Å². The summed E-state index contributed by atoms with van der Waals surface area (Å²) in [6, 6.07) is 3.75. The minimum Gasteiger partial charge on any atom is -0.490 e. The van der Waals surface area contributed by atoms with Gasteiger partial charge >= 0.3 is 14.4 Å². The maximum absolute atomic E-state index is 14.1. The van der Waals surface area contributed by atoms with Gasteiger partial charge in [0.05, 0.1) is 6.61 Å². The summed E-state index contributed by atoms with van der Waals surface area (Å²) in [5.41, 5.74) is -1.36. The lowest BCUT2D eigenvalue weighted by molar-refractivity contribution is -0.140. The molecule has 146 valence electrons. The number of benzene rings is 2. The van der Waals surface area contributed by atoms with Gasteiger partial charge in [0.2, 0.25) is 0 Å². The van der Waals surface area contributed by atoms with Crippen molar-refractivity contribution in [3.63, 3.8) is 0 Å². The molecule has 11 heteroatoms. The van der Waals surface area contributed by atoms with Crippen LogP contribution in [0.1, 0.15) is 18.1 Å². The first-order chi connectivity index (χ1) is 12.5. The van der Waals surface area contributed by atoms with Gasteiger partial charge in [0.25, 0.3) is 0 Å². The quantitative estimate of drug-likeness (QED) is 0.502. The van der Waals surface area contributed by atoms with Crippen molar-refractivity contribution in [2.45, 2.75) is 20.0 Å². The van der Waals surface area contributed by atoms with E-state index in [1.807, 2.05) is 0 Å². The minimum atomic E-state index is -5.18. The third-order valence-electron chi connectivity index (χ3n) is 3.14. The number of hydrogen-bond donors (Lipinski definition) is 1. The summed E-state index contributed by atoms with van der Waals surface area (Å²) in [5.74, 6) is -6.11. The van der Waals surface area contributed by atoms with Gasteiger partial charge in [0.15, 0.2) is 28.9 Å². The smallest absolute Gasteiger partial charge is 0.490 e. The second-order valence-electron chi connectivity index (χ2n) is 5.22. The molecule has 27 heavy (non-hydrogen) atoms. The summed E-state index contributed by atoms with van der Waals surface area (Å²) in [5, 5.41) is 0. The molecule has 0 bridgehead atoms. The third-order valence-corrected chi connectivity index (χ3v) is 3.51. The molecule has 0 aliphatic carbocycles. The minimum absolute atomic E-state index is 0.185. The molecule has 0 saturated heterocycles. The molecule has 5 nitrogen and oxygen atoms in total. The molecule has 0 aliphatic rings. The van der Waals surface area contributed by atoms with E-state index < -0.39 is 43.1 Å². The molecule has 0 amide bonds. The topological polar surface area (TPSA) is 65.0 Å². The average Bonchev–Trinajstić information content (AvgIpc) is 2.49. The van der Waals surface area contributed by atoms with Crippen LogP contribution in [0.4, 0.5) is 22.0 Å². The first-order valence-corrected chi connectivity index (χ1v) is 8.51. The highest BCUT2D eigenvalue weighted by molar-refractivity contribution is 7.32. The van der Waals surface area contributed by atoms with E-state index in [0.29, 0.717) is 5.56 Å². The van der Waals surface area contributed by atoms with Gasteiger partial charge in [-0.05, 0) is 31.5 Å². The molecular formula is C16H13F5O5P+. The van der Waals surface area contributed by atoms with Crippen molar-refractivity contribution < 1.29 is 45.4 Å². The lowest BCUT2D eigenvalue weighted by Gasteiger charge is -2.19. The number of alkyl halides is 3. The molecule has 2 rings (SSSR count).